The second-order valence-electron chi connectivity index (χ2n) is 13.1. The largest absolute Gasteiger partial charge is 0.309 e. The van der Waals surface area contributed by atoms with Gasteiger partial charge in [-0.15, -0.1) is 0 Å². The van der Waals surface area contributed by atoms with E-state index in [0.29, 0.717) is 0 Å². The standard InChI is InChI=1S/C43H30N4/c1-43(2)33-19-9-6-16-30(33)37-40(43)38-31-17-7-10-21-35(31)46(28-14-4-3-5-15-28)42(38)39-32-18-8-11-22-36(32)47(41(37)39)29-24-27(25-44-26-29)34-20-12-13-23-45-34/h3-26H,1-2H3. The normalized spacial score (nSPS) is 13.5. The van der Waals surface area contributed by atoms with Gasteiger partial charge in [-0.2, -0.15) is 0 Å². The summed E-state index contributed by atoms with van der Waals surface area (Å²) in [5.74, 6) is 0. The number of fused-ring (bicyclic) bond motifs is 12. The summed E-state index contributed by atoms with van der Waals surface area (Å²) in [6, 6.07) is 45.9. The molecule has 0 unspecified atom stereocenters. The lowest BCUT2D eigenvalue weighted by molar-refractivity contribution is 0.667. The minimum absolute atomic E-state index is 0.223. The van der Waals surface area contributed by atoms with Crippen LogP contribution in [0.3, 0.4) is 0 Å². The zero-order chi connectivity index (χ0) is 31.3. The summed E-state index contributed by atoms with van der Waals surface area (Å²) in [4.78, 5) is 9.45. The van der Waals surface area contributed by atoms with E-state index in [0.717, 1.165) is 28.1 Å². The Hall–Kier alpha value is -6.00. The molecule has 0 fully saturated rings. The van der Waals surface area contributed by atoms with Crippen molar-refractivity contribution in [1.82, 2.24) is 19.1 Å². The Labute approximate surface area is 272 Å². The van der Waals surface area contributed by atoms with E-state index < -0.39 is 0 Å². The molecule has 1 aliphatic carbocycles. The van der Waals surface area contributed by atoms with Crippen molar-refractivity contribution in [3.05, 3.63) is 157 Å². The SMILES string of the molecule is CC1(C)c2ccccc2-c2c1c1c3ccccc3n(-c3ccccc3)c1c1c3ccccc3n(-c3cncc(-c4ccccn4)c3)c21. The van der Waals surface area contributed by atoms with Crippen LogP contribution in [-0.4, -0.2) is 19.1 Å². The van der Waals surface area contributed by atoms with Crippen LogP contribution in [-0.2, 0) is 5.41 Å². The number of para-hydroxylation sites is 3. The van der Waals surface area contributed by atoms with Gasteiger partial charge in [0.05, 0.1) is 39.6 Å². The summed E-state index contributed by atoms with van der Waals surface area (Å²) in [5, 5.41) is 5.09. The maximum Gasteiger partial charge on any atom is 0.0718 e. The predicted molar refractivity (Wildman–Crippen MR) is 194 cm³/mol. The van der Waals surface area contributed by atoms with Crippen molar-refractivity contribution in [2.45, 2.75) is 19.3 Å². The second-order valence-corrected chi connectivity index (χ2v) is 13.1. The van der Waals surface area contributed by atoms with Crippen LogP contribution in [0, 0.1) is 0 Å². The molecule has 47 heavy (non-hydrogen) atoms. The Kier molecular flexibility index (Phi) is 5.31. The molecule has 10 rings (SSSR count). The lowest BCUT2D eigenvalue weighted by atomic mass is 9.80. The molecule has 9 aromatic rings. The minimum Gasteiger partial charge on any atom is -0.309 e. The van der Waals surface area contributed by atoms with Crippen LogP contribution >= 0.6 is 0 Å². The van der Waals surface area contributed by atoms with Crippen LogP contribution in [0.25, 0.3) is 77.4 Å². The average molecular weight is 603 g/mol. The van der Waals surface area contributed by atoms with Crippen LogP contribution in [0.15, 0.2) is 146 Å². The molecule has 5 aromatic carbocycles. The third-order valence-corrected chi connectivity index (χ3v) is 10.2. The van der Waals surface area contributed by atoms with E-state index in [1.54, 1.807) is 0 Å². The molecule has 1 aliphatic rings. The quantitative estimate of drug-likeness (QED) is 0.202. The van der Waals surface area contributed by atoms with Crippen LogP contribution < -0.4 is 0 Å². The first-order valence-corrected chi connectivity index (χ1v) is 16.2. The number of hydrogen-bond acceptors (Lipinski definition) is 2. The zero-order valence-electron chi connectivity index (χ0n) is 26.1. The molecule has 0 atom stereocenters. The van der Waals surface area contributed by atoms with E-state index in [-0.39, 0.29) is 5.41 Å². The smallest absolute Gasteiger partial charge is 0.0718 e. The highest BCUT2D eigenvalue weighted by atomic mass is 15.0. The summed E-state index contributed by atoms with van der Waals surface area (Å²) in [5.41, 5.74) is 14.0. The Balaban J connectivity index is 1.50. The molecular formula is C43H30N4. The van der Waals surface area contributed by atoms with Crippen molar-refractivity contribution in [3.63, 3.8) is 0 Å². The molecule has 4 aromatic heterocycles. The van der Waals surface area contributed by atoms with Gasteiger partial charge in [0.25, 0.3) is 0 Å². The topological polar surface area (TPSA) is 35.6 Å². The highest BCUT2D eigenvalue weighted by molar-refractivity contribution is 6.31. The predicted octanol–water partition coefficient (Wildman–Crippen LogP) is 10.6. The van der Waals surface area contributed by atoms with Crippen LogP contribution in [0.4, 0.5) is 0 Å². The van der Waals surface area contributed by atoms with Crippen molar-refractivity contribution in [2.24, 2.45) is 0 Å². The summed E-state index contributed by atoms with van der Waals surface area (Å²) >= 11 is 0. The highest BCUT2D eigenvalue weighted by Crippen LogP contribution is 2.58. The molecule has 0 saturated carbocycles. The van der Waals surface area contributed by atoms with Crippen molar-refractivity contribution < 1.29 is 0 Å². The first-order valence-electron chi connectivity index (χ1n) is 16.2. The van der Waals surface area contributed by atoms with Gasteiger partial charge in [-0.3, -0.25) is 9.97 Å². The molecule has 0 amide bonds. The van der Waals surface area contributed by atoms with Gasteiger partial charge < -0.3 is 9.13 Å². The number of benzene rings is 5. The Morgan fingerprint density at radius 2 is 1.23 bits per heavy atom. The van der Waals surface area contributed by atoms with E-state index >= 15 is 0 Å². The summed E-state index contributed by atoms with van der Waals surface area (Å²) < 4.78 is 4.94. The van der Waals surface area contributed by atoms with Gasteiger partial charge >= 0.3 is 0 Å². The van der Waals surface area contributed by atoms with Crippen LogP contribution in [0.5, 0.6) is 0 Å². The summed E-state index contributed by atoms with van der Waals surface area (Å²) in [6.45, 7) is 4.79. The number of pyridine rings is 2. The van der Waals surface area contributed by atoms with Gasteiger partial charge in [0.1, 0.15) is 0 Å². The molecule has 0 bridgehead atoms. The zero-order valence-corrected chi connectivity index (χ0v) is 26.1. The number of hydrogen-bond donors (Lipinski definition) is 0. The van der Waals surface area contributed by atoms with Crippen molar-refractivity contribution in [1.29, 1.82) is 0 Å². The van der Waals surface area contributed by atoms with E-state index in [1.807, 2.05) is 36.8 Å². The average Bonchev–Trinajstić information content (AvgIpc) is 3.73. The molecule has 0 N–H and O–H groups in total. The maximum atomic E-state index is 4.79. The minimum atomic E-state index is -0.223. The second kappa shape index (κ2) is 9.51. The fraction of sp³-hybridized carbons (Fsp3) is 0.0698. The van der Waals surface area contributed by atoms with E-state index in [1.165, 1.54) is 60.3 Å². The van der Waals surface area contributed by atoms with Gasteiger partial charge in [0, 0.05) is 56.2 Å². The molecule has 222 valence electrons. The Morgan fingerprint density at radius 1 is 0.574 bits per heavy atom. The third-order valence-electron chi connectivity index (χ3n) is 10.2. The molecule has 4 heteroatoms. The Morgan fingerprint density at radius 3 is 2.00 bits per heavy atom. The fourth-order valence-corrected chi connectivity index (χ4v) is 8.29. The van der Waals surface area contributed by atoms with E-state index in [4.69, 9.17) is 4.98 Å². The molecule has 4 nitrogen and oxygen atoms in total. The van der Waals surface area contributed by atoms with Gasteiger partial charge in [-0.1, -0.05) is 98.8 Å². The lowest BCUT2D eigenvalue weighted by Crippen LogP contribution is -2.15. The first kappa shape index (κ1) is 26.2. The number of nitrogens with zero attached hydrogens (tertiary/aromatic N) is 4. The Bertz CT molecular complexity index is 2700. The van der Waals surface area contributed by atoms with Gasteiger partial charge in [-0.05, 0) is 59.2 Å². The van der Waals surface area contributed by atoms with Gasteiger partial charge in [-0.25, -0.2) is 0 Å². The first-order chi connectivity index (χ1) is 23.1. The van der Waals surface area contributed by atoms with Crippen LogP contribution in [0.2, 0.25) is 0 Å². The van der Waals surface area contributed by atoms with Crippen molar-refractivity contribution in [2.75, 3.05) is 0 Å². The molecular weight excluding hydrogens is 573 g/mol. The molecule has 0 saturated heterocycles. The third kappa shape index (κ3) is 3.47. The molecule has 0 spiro atoms. The molecule has 0 aliphatic heterocycles. The van der Waals surface area contributed by atoms with Gasteiger partial charge in [0.15, 0.2) is 0 Å². The molecule has 4 heterocycles. The van der Waals surface area contributed by atoms with Crippen LogP contribution in [0.1, 0.15) is 25.0 Å². The summed E-state index contributed by atoms with van der Waals surface area (Å²) in [7, 11) is 0. The van der Waals surface area contributed by atoms with E-state index in [9.17, 15) is 0 Å². The van der Waals surface area contributed by atoms with E-state index in [2.05, 4.69) is 137 Å². The summed E-state index contributed by atoms with van der Waals surface area (Å²) in [6.07, 6.45) is 5.75. The lowest BCUT2D eigenvalue weighted by Gasteiger charge is -2.23. The number of aromatic nitrogens is 4. The fourth-order valence-electron chi connectivity index (χ4n) is 8.29. The van der Waals surface area contributed by atoms with Gasteiger partial charge in [0.2, 0.25) is 0 Å². The maximum absolute atomic E-state index is 4.79. The monoisotopic (exact) mass is 602 g/mol. The number of rotatable bonds is 3. The molecule has 0 radical (unpaired) electrons. The van der Waals surface area contributed by atoms with Crippen molar-refractivity contribution >= 4 is 43.6 Å². The highest BCUT2D eigenvalue weighted by Gasteiger charge is 2.41. The van der Waals surface area contributed by atoms with Crippen molar-refractivity contribution in [3.8, 4) is 33.8 Å².